The van der Waals surface area contributed by atoms with Crippen molar-refractivity contribution in [3.63, 3.8) is 0 Å². The van der Waals surface area contributed by atoms with Crippen LogP contribution in [0.4, 0.5) is 0 Å². The van der Waals surface area contributed by atoms with E-state index < -0.39 is 78.5 Å². The highest BCUT2D eigenvalue weighted by atomic mass is 35.5. The van der Waals surface area contributed by atoms with E-state index in [9.17, 15) is 29.1 Å². The molecule has 1 aliphatic heterocycles. The Hall–Kier alpha value is -4.20. The van der Waals surface area contributed by atoms with E-state index in [-0.39, 0.29) is 36.5 Å². The largest absolute Gasteiger partial charge is 0.481 e. The monoisotopic (exact) mass is 839 g/mol. The number of amides is 5. The van der Waals surface area contributed by atoms with Crippen molar-refractivity contribution >= 4 is 48.3 Å². The third-order valence-electron chi connectivity index (χ3n) is 12.2. The summed E-state index contributed by atoms with van der Waals surface area (Å²) in [5, 5.41) is 24.4. The lowest BCUT2D eigenvalue weighted by atomic mass is 9.43. The van der Waals surface area contributed by atoms with Gasteiger partial charge in [-0.25, -0.2) is 9.97 Å². The molecule has 1 saturated heterocycles. The molecule has 3 aliphatic carbocycles. The highest BCUT2D eigenvalue weighted by Crippen LogP contribution is 2.65. The molecular weight excluding hydrogens is 781 g/mol. The highest BCUT2D eigenvalue weighted by molar-refractivity contribution is 6.47. The summed E-state index contributed by atoms with van der Waals surface area (Å²) < 4.78 is 12.9. The van der Waals surface area contributed by atoms with Crippen LogP contribution in [0.3, 0.4) is 0 Å². The van der Waals surface area contributed by atoms with Crippen molar-refractivity contribution in [1.82, 2.24) is 36.6 Å². The average Bonchev–Trinajstić information content (AvgIpc) is 3.57. The van der Waals surface area contributed by atoms with Gasteiger partial charge in [-0.3, -0.25) is 24.0 Å². The molecule has 17 nitrogen and oxygen atoms in total. The number of hydrogen-bond acceptors (Lipinski definition) is 12. The first-order valence-corrected chi connectivity index (χ1v) is 20.8. The van der Waals surface area contributed by atoms with Gasteiger partial charge in [-0.15, -0.1) is 0 Å². The smallest absolute Gasteiger partial charge is 0.404 e. The van der Waals surface area contributed by atoms with E-state index in [0.717, 1.165) is 12.8 Å². The van der Waals surface area contributed by atoms with Crippen molar-refractivity contribution in [2.24, 2.45) is 28.7 Å². The fourth-order valence-electron chi connectivity index (χ4n) is 8.46. The van der Waals surface area contributed by atoms with Crippen molar-refractivity contribution in [2.45, 2.75) is 128 Å². The van der Waals surface area contributed by atoms with Crippen molar-refractivity contribution in [1.29, 1.82) is 0 Å². The number of aromatic nitrogens is 2. The van der Waals surface area contributed by atoms with E-state index in [4.69, 9.17) is 32.4 Å². The zero-order valence-electron chi connectivity index (χ0n) is 34.6. The normalized spacial score (nSPS) is 24.5. The Morgan fingerprint density at radius 1 is 0.847 bits per heavy atom. The fraction of sp³-hybridized carbons (Fsp3) is 0.625. The number of nitrogens with one attached hydrogen (secondary N) is 5. The molecule has 2 aromatic rings. The maximum absolute atomic E-state index is 13.7. The van der Waals surface area contributed by atoms with Gasteiger partial charge in [-0.2, -0.15) is 0 Å². The molecule has 4 fully saturated rings. The van der Waals surface area contributed by atoms with E-state index in [1.54, 1.807) is 24.3 Å². The number of carbonyl (C=O) groups excluding carboxylic acids is 5. The Balaban J connectivity index is 1.15. The van der Waals surface area contributed by atoms with Crippen molar-refractivity contribution in [3.8, 4) is 11.4 Å². The molecule has 59 heavy (non-hydrogen) atoms. The van der Waals surface area contributed by atoms with Gasteiger partial charge in [0.15, 0.2) is 5.82 Å². The minimum absolute atomic E-state index is 0.00146. The SMILES string of the molecule is CC(NC(=O)C(CCCCN)NC(=O)C(C)NC(=O)C(NC(=O)C(CCN)NC(=O)c1cnc(-c2ccc(Cl)cc2)nc1)C(C)O)B1OC2CC3CC(C3(C)C)C2(C)O1. The van der Waals surface area contributed by atoms with Gasteiger partial charge in [0.1, 0.15) is 24.2 Å². The first kappa shape index (κ1) is 45.9. The maximum Gasteiger partial charge on any atom is 0.481 e. The maximum atomic E-state index is 13.7. The Bertz CT molecular complexity index is 1820. The Morgan fingerprint density at radius 2 is 1.49 bits per heavy atom. The van der Waals surface area contributed by atoms with E-state index in [1.165, 1.54) is 26.2 Å². The van der Waals surface area contributed by atoms with Crippen LogP contribution in [0, 0.1) is 17.3 Å². The summed E-state index contributed by atoms with van der Waals surface area (Å²) in [6, 6.07) is 1.98. The lowest BCUT2D eigenvalue weighted by Crippen LogP contribution is -2.65. The molecule has 6 rings (SSSR count). The number of nitrogens with zero attached hydrogens (tertiary/aromatic N) is 2. The molecule has 2 heterocycles. The standard InChI is InChI=1S/C40H59BClN9O8/c1-21(34(53)49-28(9-7-8-15-43)36(55)48-23(3)41-58-31-18-26-17-30(39(26,4)5)40(31,6)59-41)47-38(57)32(22(2)52)51-37(56)29(14-16-44)50-35(54)25-19-45-33(46-20-25)24-10-12-27(42)13-11-24/h10-13,19-23,26,28-32,52H,7-9,14-18,43-44H2,1-6H3,(H,47,57)(H,48,55)(H,49,53)(H,50,54)(H,51,56). The number of hydrogen-bond donors (Lipinski definition) is 8. The van der Waals surface area contributed by atoms with Gasteiger partial charge in [-0.05, 0) is 121 Å². The van der Waals surface area contributed by atoms with E-state index in [2.05, 4.69) is 57.3 Å². The topological polar surface area (TPSA) is 262 Å². The van der Waals surface area contributed by atoms with E-state index >= 15 is 0 Å². The summed E-state index contributed by atoms with van der Waals surface area (Å²) in [4.78, 5) is 75.5. The number of unbranched alkanes of at least 4 members (excludes halogenated alkanes) is 1. The number of aliphatic hydroxyl groups is 1. The predicted molar refractivity (Wildman–Crippen MR) is 221 cm³/mol. The van der Waals surface area contributed by atoms with E-state index in [1.807, 2.05) is 6.92 Å². The summed E-state index contributed by atoms with van der Waals surface area (Å²) in [5.74, 6) is -2.67. The fourth-order valence-corrected chi connectivity index (χ4v) is 8.59. The van der Waals surface area contributed by atoms with Crippen LogP contribution in [0.25, 0.3) is 11.4 Å². The molecule has 1 aromatic heterocycles. The van der Waals surface area contributed by atoms with Gasteiger partial charge < -0.3 is 52.5 Å². The number of carbonyl (C=O) groups is 5. The van der Waals surface area contributed by atoms with Crippen LogP contribution in [-0.4, -0.2) is 113 Å². The summed E-state index contributed by atoms with van der Waals surface area (Å²) in [5.41, 5.74) is 11.9. The van der Waals surface area contributed by atoms with Crippen LogP contribution < -0.4 is 38.1 Å². The molecule has 322 valence electrons. The van der Waals surface area contributed by atoms with Crippen molar-refractivity contribution in [2.75, 3.05) is 13.1 Å². The second-order valence-electron chi connectivity index (χ2n) is 16.8. The summed E-state index contributed by atoms with van der Waals surface area (Å²) in [6.45, 7) is 11.6. The molecule has 2 bridgehead atoms. The molecular formula is C40H59BClN9O8. The molecule has 4 aliphatic rings. The first-order chi connectivity index (χ1) is 27.9. The Morgan fingerprint density at radius 3 is 2.10 bits per heavy atom. The lowest BCUT2D eigenvalue weighted by Gasteiger charge is -2.64. The van der Waals surface area contributed by atoms with Crippen molar-refractivity contribution in [3.05, 3.63) is 47.2 Å². The molecule has 10 N–H and O–H groups in total. The summed E-state index contributed by atoms with van der Waals surface area (Å²) >= 11 is 5.95. The van der Waals surface area contributed by atoms with Gasteiger partial charge in [0.05, 0.1) is 29.3 Å². The average molecular weight is 840 g/mol. The van der Waals surface area contributed by atoms with E-state index in [0.29, 0.717) is 47.6 Å². The van der Waals surface area contributed by atoms with Crippen LogP contribution in [0.15, 0.2) is 36.7 Å². The van der Waals surface area contributed by atoms with Crippen LogP contribution in [0.5, 0.6) is 0 Å². The first-order valence-electron chi connectivity index (χ1n) is 20.4. The molecule has 10 atom stereocenters. The second kappa shape index (κ2) is 19.5. The van der Waals surface area contributed by atoms with Crippen LogP contribution in [-0.2, 0) is 28.5 Å². The van der Waals surface area contributed by atoms with Crippen LogP contribution in [0.1, 0.15) is 90.4 Å². The van der Waals surface area contributed by atoms with Gasteiger partial charge in [0, 0.05) is 23.0 Å². The number of halogens is 1. The van der Waals surface area contributed by atoms with Gasteiger partial charge in [0.25, 0.3) is 5.91 Å². The molecule has 1 aromatic carbocycles. The minimum atomic E-state index is -1.52. The van der Waals surface area contributed by atoms with Gasteiger partial charge in [0.2, 0.25) is 23.6 Å². The summed E-state index contributed by atoms with van der Waals surface area (Å²) in [7, 11) is -0.658. The predicted octanol–water partition coefficient (Wildman–Crippen LogP) is 1.00. The zero-order chi connectivity index (χ0) is 43.2. The lowest BCUT2D eigenvalue weighted by molar-refractivity contribution is -0.199. The van der Waals surface area contributed by atoms with Crippen LogP contribution in [0.2, 0.25) is 5.02 Å². The number of benzene rings is 1. The molecule has 19 heteroatoms. The van der Waals surface area contributed by atoms with Gasteiger partial charge in [-0.1, -0.05) is 25.4 Å². The molecule has 10 unspecified atom stereocenters. The number of rotatable bonds is 19. The number of aliphatic hydroxyl groups excluding tert-OH is 1. The Labute approximate surface area is 350 Å². The molecule has 0 spiro atoms. The Kier molecular flexibility index (Phi) is 15.1. The molecule has 5 amide bonds. The number of nitrogens with two attached hydrogens (primary N) is 2. The molecule has 3 saturated carbocycles. The highest BCUT2D eigenvalue weighted by Gasteiger charge is 2.68. The zero-order valence-corrected chi connectivity index (χ0v) is 35.4. The molecule has 0 radical (unpaired) electrons. The third kappa shape index (κ3) is 10.6. The third-order valence-corrected chi connectivity index (χ3v) is 12.5. The van der Waals surface area contributed by atoms with Crippen molar-refractivity contribution < 1.29 is 38.4 Å². The summed E-state index contributed by atoms with van der Waals surface area (Å²) in [6.07, 6.45) is 4.60. The minimum Gasteiger partial charge on any atom is -0.404 e. The van der Waals surface area contributed by atoms with Gasteiger partial charge >= 0.3 is 7.12 Å². The van der Waals surface area contributed by atoms with Crippen LogP contribution >= 0.6 is 11.6 Å². The quantitative estimate of drug-likeness (QED) is 0.0728. The second-order valence-corrected chi connectivity index (χ2v) is 17.3.